The topological polar surface area (TPSA) is 80.1 Å². The maximum atomic E-state index is 10.5. The third-order valence-electron chi connectivity index (χ3n) is 4.79. The summed E-state index contributed by atoms with van der Waals surface area (Å²) in [5, 5.41) is 21.9. The number of unbranched alkanes of at least 4 members (excludes halogenated alkanes) is 2. The molecule has 3 aromatic rings. The molecule has 0 spiro atoms. The van der Waals surface area contributed by atoms with Crippen molar-refractivity contribution in [2.45, 2.75) is 30.6 Å². The summed E-state index contributed by atoms with van der Waals surface area (Å²) in [5.41, 5.74) is 2.68. The molecule has 0 bridgehead atoms. The zero-order chi connectivity index (χ0) is 20.6. The van der Waals surface area contributed by atoms with Crippen LogP contribution in [0.15, 0.2) is 59.8 Å². The van der Waals surface area contributed by atoms with Crippen LogP contribution in [0.4, 0.5) is 11.4 Å². The molecule has 0 saturated heterocycles. The Labute approximate surface area is 175 Å². The molecule has 0 saturated carbocycles. The highest BCUT2D eigenvalue weighted by molar-refractivity contribution is 7.99. The number of benzene rings is 2. The molecule has 0 radical (unpaired) electrons. The van der Waals surface area contributed by atoms with Gasteiger partial charge >= 0.3 is 0 Å². The normalized spacial score (nSPS) is 10.6. The average molecular weight is 405 g/mol. The van der Waals surface area contributed by atoms with Crippen LogP contribution >= 0.6 is 11.8 Å². The number of carbonyl (C=O) groups excluding carboxylic acids is 1. The highest BCUT2D eigenvalue weighted by atomic mass is 32.2. The van der Waals surface area contributed by atoms with Crippen LogP contribution in [0.1, 0.15) is 31.2 Å². The van der Waals surface area contributed by atoms with E-state index >= 15 is 0 Å². The number of anilines is 2. The Morgan fingerprint density at radius 2 is 1.90 bits per heavy atom. The highest BCUT2D eigenvalue weighted by Crippen LogP contribution is 2.37. The van der Waals surface area contributed by atoms with Gasteiger partial charge in [0.2, 0.25) is 0 Å². The second-order valence-electron chi connectivity index (χ2n) is 6.72. The number of carbonyl (C=O) groups is 1. The number of nitriles is 1. The van der Waals surface area contributed by atoms with Crippen LogP contribution in [0.3, 0.4) is 0 Å². The van der Waals surface area contributed by atoms with Crippen LogP contribution in [0.2, 0.25) is 0 Å². The van der Waals surface area contributed by atoms with Crippen molar-refractivity contribution in [3.8, 4) is 6.07 Å². The lowest BCUT2D eigenvalue weighted by Crippen LogP contribution is -2.21. The first-order chi connectivity index (χ1) is 14.1. The molecule has 0 unspecified atom stereocenters. The number of aliphatic carboxylic acids is 1. The minimum absolute atomic E-state index is 0.125. The number of hydrogen-bond acceptors (Lipinski definition) is 6. The summed E-state index contributed by atoms with van der Waals surface area (Å²) in [7, 11) is 2.01. The fourth-order valence-corrected chi connectivity index (χ4v) is 4.34. The van der Waals surface area contributed by atoms with Gasteiger partial charge in [-0.25, -0.2) is 0 Å². The molecule has 148 valence electrons. The second-order valence-corrected chi connectivity index (χ2v) is 7.86. The van der Waals surface area contributed by atoms with Crippen LogP contribution in [0.25, 0.3) is 10.8 Å². The Bertz CT molecular complexity index is 1050. The maximum Gasteiger partial charge on any atom is 0.0998 e. The largest absolute Gasteiger partial charge is 0.550 e. The molecular formula is C23H22N3O2S-. The van der Waals surface area contributed by atoms with Gasteiger partial charge in [0.05, 0.1) is 23.5 Å². The van der Waals surface area contributed by atoms with Crippen molar-refractivity contribution in [2.24, 2.45) is 0 Å². The summed E-state index contributed by atoms with van der Waals surface area (Å²) in [6, 6.07) is 16.0. The number of aromatic nitrogens is 1. The molecule has 1 heterocycles. The maximum absolute atomic E-state index is 10.5. The van der Waals surface area contributed by atoms with E-state index in [4.69, 9.17) is 0 Å². The van der Waals surface area contributed by atoms with E-state index in [0.29, 0.717) is 12.0 Å². The van der Waals surface area contributed by atoms with Crippen molar-refractivity contribution in [1.29, 1.82) is 5.26 Å². The van der Waals surface area contributed by atoms with Crippen LogP contribution in [-0.2, 0) is 4.79 Å². The van der Waals surface area contributed by atoms with Crippen molar-refractivity contribution in [3.63, 3.8) is 0 Å². The first kappa shape index (κ1) is 20.7. The van der Waals surface area contributed by atoms with Crippen LogP contribution in [-0.4, -0.2) is 23.8 Å². The van der Waals surface area contributed by atoms with Gasteiger partial charge in [0.15, 0.2) is 0 Å². The fourth-order valence-electron chi connectivity index (χ4n) is 3.28. The second kappa shape index (κ2) is 9.94. The minimum Gasteiger partial charge on any atom is -0.550 e. The monoisotopic (exact) mass is 404 g/mol. The summed E-state index contributed by atoms with van der Waals surface area (Å²) in [6.07, 6.45) is 6.24. The van der Waals surface area contributed by atoms with Crippen molar-refractivity contribution < 1.29 is 9.90 Å². The smallest absolute Gasteiger partial charge is 0.0998 e. The third kappa shape index (κ3) is 5.07. The lowest BCUT2D eigenvalue weighted by atomic mass is 10.0. The Morgan fingerprint density at radius 3 is 2.66 bits per heavy atom. The first-order valence-corrected chi connectivity index (χ1v) is 10.5. The lowest BCUT2D eigenvalue weighted by Gasteiger charge is -2.23. The Balaban J connectivity index is 1.79. The molecule has 1 aromatic heterocycles. The molecule has 6 heteroatoms. The van der Waals surface area contributed by atoms with Gasteiger partial charge in [0, 0.05) is 40.6 Å². The molecule has 2 aromatic carbocycles. The van der Waals surface area contributed by atoms with Gasteiger partial charge in [0.25, 0.3) is 0 Å². The summed E-state index contributed by atoms with van der Waals surface area (Å²) in [6.45, 7) is 0. The van der Waals surface area contributed by atoms with Crippen LogP contribution < -0.4 is 10.0 Å². The van der Waals surface area contributed by atoms with Crippen LogP contribution in [0, 0.1) is 11.3 Å². The van der Waals surface area contributed by atoms with Crippen molar-refractivity contribution in [3.05, 3.63) is 60.4 Å². The molecule has 0 aliphatic carbocycles. The minimum atomic E-state index is -0.981. The van der Waals surface area contributed by atoms with E-state index in [0.717, 1.165) is 45.6 Å². The van der Waals surface area contributed by atoms with Gasteiger partial charge in [-0.1, -0.05) is 30.7 Å². The van der Waals surface area contributed by atoms with Crippen molar-refractivity contribution in [2.75, 3.05) is 17.7 Å². The van der Waals surface area contributed by atoms with E-state index in [1.54, 1.807) is 18.0 Å². The number of hydrogen-bond donors (Lipinski definition) is 0. The highest BCUT2D eigenvalue weighted by Gasteiger charge is 2.14. The van der Waals surface area contributed by atoms with Crippen molar-refractivity contribution >= 4 is 39.9 Å². The molecule has 0 fully saturated rings. The lowest BCUT2D eigenvalue weighted by molar-refractivity contribution is -0.305. The predicted octanol–water partition coefficient (Wildman–Crippen LogP) is 4.28. The number of pyridine rings is 1. The van der Waals surface area contributed by atoms with Gasteiger partial charge in [-0.05, 0) is 43.2 Å². The zero-order valence-electron chi connectivity index (χ0n) is 16.3. The molecule has 0 aliphatic rings. The van der Waals surface area contributed by atoms with Gasteiger partial charge in [-0.3, -0.25) is 4.98 Å². The number of carboxylic acid groups (broad SMARTS) is 1. The number of fused-ring (bicyclic) bond motifs is 1. The molecule has 0 amide bonds. The average Bonchev–Trinajstić information content (AvgIpc) is 2.75. The number of nitrogens with zero attached hydrogens (tertiary/aromatic N) is 3. The first-order valence-electron chi connectivity index (χ1n) is 9.54. The van der Waals surface area contributed by atoms with Crippen LogP contribution in [0.5, 0.6) is 0 Å². The standard InChI is InChI=1S/C23H23N3O2S/c1-26(20-11-10-17(15-24)18-7-4-5-8-19(18)20)21-16-25-13-12-22(21)29-14-6-2-3-9-23(27)28/h4-5,7-8,10-13,16H,2-3,6,9,14H2,1H3,(H,27,28)/p-1. The molecular weight excluding hydrogens is 382 g/mol. The Kier molecular flexibility index (Phi) is 7.09. The van der Waals surface area contributed by atoms with E-state index in [2.05, 4.69) is 16.0 Å². The van der Waals surface area contributed by atoms with E-state index < -0.39 is 5.97 Å². The van der Waals surface area contributed by atoms with Gasteiger partial charge in [0.1, 0.15) is 0 Å². The number of rotatable bonds is 9. The predicted molar refractivity (Wildman–Crippen MR) is 115 cm³/mol. The zero-order valence-corrected chi connectivity index (χ0v) is 17.1. The van der Waals surface area contributed by atoms with Crippen molar-refractivity contribution in [1.82, 2.24) is 4.98 Å². The van der Waals surface area contributed by atoms with E-state index in [1.165, 1.54) is 0 Å². The summed E-state index contributed by atoms with van der Waals surface area (Å²) in [5.74, 6) is -0.0724. The van der Waals surface area contributed by atoms with Gasteiger partial charge in [-0.2, -0.15) is 5.26 Å². The van der Waals surface area contributed by atoms with Gasteiger partial charge in [-0.15, -0.1) is 11.8 Å². The molecule has 29 heavy (non-hydrogen) atoms. The fraction of sp³-hybridized carbons (Fsp3) is 0.261. The summed E-state index contributed by atoms with van der Waals surface area (Å²) < 4.78 is 0. The Hall–Kier alpha value is -3.04. The van der Waals surface area contributed by atoms with E-state index in [9.17, 15) is 15.2 Å². The third-order valence-corrected chi connectivity index (χ3v) is 5.94. The quantitative estimate of drug-likeness (QED) is 0.391. The molecule has 0 atom stereocenters. The number of thioether (sulfide) groups is 1. The molecule has 0 N–H and O–H groups in total. The SMILES string of the molecule is CN(c1cnccc1SCCCCCC(=O)[O-])c1ccc(C#N)c2ccccc12. The van der Waals surface area contributed by atoms with E-state index in [1.807, 2.05) is 55.7 Å². The molecule has 0 aliphatic heterocycles. The molecule has 5 nitrogen and oxygen atoms in total. The summed E-state index contributed by atoms with van der Waals surface area (Å²) >= 11 is 1.74. The van der Waals surface area contributed by atoms with E-state index in [-0.39, 0.29) is 6.42 Å². The molecule has 3 rings (SSSR count). The number of carboxylic acids is 1. The van der Waals surface area contributed by atoms with Gasteiger partial charge < -0.3 is 14.8 Å². The Morgan fingerprint density at radius 1 is 1.10 bits per heavy atom. The summed E-state index contributed by atoms with van der Waals surface area (Å²) in [4.78, 5) is 18.0.